The number of hydrogen-bond donors (Lipinski definition) is 2. The van der Waals surface area contributed by atoms with Crippen LogP contribution in [0.5, 0.6) is 0 Å². The number of ether oxygens (including phenoxy) is 1. The second-order valence-electron chi connectivity index (χ2n) is 9.10. The van der Waals surface area contributed by atoms with E-state index < -0.39 is 21.1 Å². The Hall–Kier alpha value is -3.70. The van der Waals surface area contributed by atoms with Crippen molar-refractivity contribution < 1.29 is 27.1 Å². The Morgan fingerprint density at radius 3 is 2.44 bits per heavy atom. The molecule has 0 radical (unpaired) electrons. The van der Waals surface area contributed by atoms with Crippen molar-refractivity contribution in [2.24, 2.45) is 0 Å². The predicted molar refractivity (Wildman–Crippen MR) is 145 cm³/mol. The van der Waals surface area contributed by atoms with E-state index in [0.717, 1.165) is 11.1 Å². The van der Waals surface area contributed by atoms with Crippen LogP contribution in [0.15, 0.2) is 59.8 Å². The number of sulfonamides is 1. The summed E-state index contributed by atoms with van der Waals surface area (Å²) in [6.07, 6.45) is 1.44. The van der Waals surface area contributed by atoms with E-state index in [2.05, 4.69) is 15.0 Å². The van der Waals surface area contributed by atoms with Gasteiger partial charge in [0.25, 0.3) is 15.9 Å². The van der Waals surface area contributed by atoms with E-state index in [1.807, 2.05) is 6.92 Å². The number of aryl methyl sites for hydroxylation is 1. The van der Waals surface area contributed by atoms with Crippen LogP contribution in [0.2, 0.25) is 5.02 Å². The summed E-state index contributed by atoms with van der Waals surface area (Å²) in [5.74, 6) is -0.419. The molecule has 39 heavy (non-hydrogen) atoms. The zero-order chi connectivity index (χ0) is 28.2. The maximum Gasteiger partial charge on any atom is 0.421 e. The summed E-state index contributed by atoms with van der Waals surface area (Å²) in [7, 11) is -4.37. The van der Waals surface area contributed by atoms with Crippen LogP contribution < -0.4 is 10.0 Å². The second kappa shape index (κ2) is 12.0. The first-order valence-corrected chi connectivity index (χ1v) is 14.2. The molecular weight excluding hydrogens is 547 g/mol. The Morgan fingerprint density at radius 1 is 1.10 bits per heavy atom. The fourth-order valence-corrected chi connectivity index (χ4v) is 5.49. The van der Waals surface area contributed by atoms with E-state index in [1.165, 1.54) is 24.4 Å². The third kappa shape index (κ3) is 6.85. The normalized spacial score (nSPS) is 14.1. The van der Waals surface area contributed by atoms with Gasteiger partial charge in [0.05, 0.1) is 17.9 Å². The molecule has 206 valence electrons. The molecule has 12 heteroatoms. The van der Waals surface area contributed by atoms with E-state index in [-0.39, 0.29) is 35.5 Å². The predicted octanol–water partition coefficient (Wildman–Crippen LogP) is 5.38. The van der Waals surface area contributed by atoms with Gasteiger partial charge < -0.3 is 15.0 Å². The third-order valence-corrected chi connectivity index (χ3v) is 7.90. The number of aromatic nitrogens is 1. The SMILES string of the molecule is CCOC(=O)NS(=O)(=O)c1cc(Nc2ccc(Cl)cc2C)c(C(=O)N2CCC(c3ccc(F)cc3)CC2)cn1. The maximum absolute atomic E-state index is 13.6. The van der Waals surface area contributed by atoms with Gasteiger partial charge >= 0.3 is 6.09 Å². The number of amides is 2. The van der Waals surface area contributed by atoms with Crippen molar-refractivity contribution in [3.8, 4) is 0 Å². The molecule has 1 aliphatic heterocycles. The molecule has 3 aromatic rings. The standard InChI is InChI=1S/C27H28ClFN4O5S/c1-3-38-27(35)32-39(36,37)25-15-24(31-23-9-6-20(28)14-17(23)2)22(16-30-25)26(34)33-12-10-19(11-13-33)18-4-7-21(29)8-5-18/h4-9,14-16,19H,3,10-13H2,1-2H3,(H,30,31)(H,32,35). The highest BCUT2D eigenvalue weighted by Gasteiger charge is 2.28. The van der Waals surface area contributed by atoms with Gasteiger partial charge in [0, 0.05) is 36.1 Å². The second-order valence-corrected chi connectivity index (χ2v) is 11.2. The van der Waals surface area contributed by atoms with E-state index in [9.17, 15) is 22.4 Å². The van der Waals surface area contributed by atoms with Crippen molar-refractivity contribution in [2.45, 2.75) is 37.6 Å². The van der Waals surface area contributed by atoms with Crippen LogP contribution in [0.25, 0.3) is 0 Å². The number of benzene rings is 2. The average molecular weight is 575 g/mol. The molecule has 0 saturated carbocycles. The molecule has 0 unspecified atom stereocenters. The number of piperidine rings is 1. The van der Waals surface area contributed by atoms with Gasteiger partial charge in [-0.3, -0.25) is 4.79 Å². The topological polar surface area (TPSA) is 118 Å². The number of carbonyl (C=O) groups is 2. The number of halogens is 2. The molecule has 0 spiro atoms. The van der Waals surface area contributed by atoms with Crippen LogP contribution in [0.1, 0.15) is 47.2 Å². The van der Waals surface area contributed by atoms with Crippen molar-refractivity contribution in [2.75, 3.05) is 25.0 Å². The molecule has 1 saturated heterocycles. The van der Waals surface area contributed by atoms with Crippen molar-refractivity contribution in [3.05, 3.63) is 82.3 Å². The lowest BCUT2D eigenvalue weighted by molar-refractivity contribution is 0.0713. The van der Waals surface area contributed by atoms with Gasteiger partial charge in [-0.1, -0.05) is 23.7 Å². The molecule has 9 nitrogen and oxygen atoms in total. The Kier molecular flexibility index (Phi) is 8.71. The third-order valence-electron chi connectivity index (χ3n) is 6.46. The number of nitrogens with zero attached hydrogens (tertiary/aromatic N) is 2. The van der Waals surface area contributed by atoms with Gasteiger partial charge in [-0.05, 0) is 74.1 Å². The number of likely N-dealkylation sites (tertiary alicyclic amines) is 1. The lowest BCUT2D eigenvalue weighted by Crippen LogP contribution is -2.38. The molecule has 0 atom stereocenters. The van der Waals surface area contributed by atoms with Gasteiger partial charge in [0.15, 0.2) is 5.03 Å². The van der Waals surface area contributed by atoms with Crippen LogP contribution in [-0.2, 0) is 14.8 Å². The molecule has 2 amide bonds. The highest BCUT2D eigenvalue weighted by Crippen LogP contribution is 2.31. The first kappa shape index (κ1) is 28.3. The summed E-state index contributed by atoms with van der Waals surface area (Å²) >= 11 is 6.08. The quantitative estimate of drug-likeness (QED) is 0.389. The Bertz CT molecular complexity index is 1480. The highest BCUT2D eigenvalue weighted by molar-refractivity contribution is 7.90. The fraction of sp³-hybridized carbons (Fsp3) is 0.296. The molecule has 2 heterocycles. The number of anilines is 2. The van der Waals surface area contributed by atoms with E-state index in [4.69, 9.17) is 11.6 Å². The first-order valence-electron chi connectivity index (χ1n) is 12.3. The van der Waals surface area contributed by atoms with Crippen molar-refractivity contribution in [3.63, 3.8) is 0 Å². The van der Waals surface area contributed by atoms with Gasteiger partial charge in [-0.25, -0.2) is 18.9 Å². The Balaban J connectivity index is 1.61. The van der Waals surface area contributed by atoms with Gasteiger partial charge in [-0.2, -0.15) is 8.42 Å². The van der Waals surface area contributed by atoms with Crippen LogP contribution in [0.3, 0.4) is 0 Å². The number of hydrogen-bond acceptors (Lipinski definition) is 7. The molecule has 4 rings (SSSR count). The van der Waals surface area contributed by atoms with E-state index >= 15 is 0 Å². The summed E-state index contributed by atoms with van der Waals surface area (Å²) < 4.78 is 45.3. The summed E-state index contributed by atoms with van der Waals surface area (Å²) in [4.78, 5) is 31.0. The molecule has 1 fully saturated rings. The largest absolute Gasteiger partial charge is 0.449 e. The zero-order valence-electron chi connectivity index (χ0n) is 21.4. The van der Waals surface area contributed by atoms with Crippen LogP contribution in [-0.4, -0.2) is 50.0 Å². The Morgan fingerprint density at radius 2 is 1.79 bits per heavy atom. The van der Waals surface area contributed by atoms with Crippen LogP contribution >= 0.6 is 11.6 Å². The van der Waals surface area contributed by atoms with Gasteiger partial charge in [0.2, 0.25) is 0 Å². The molecule has 2 N–H and O–H groups in total. The van der Waals surface area contributed by atoms with Gasteiger partial charge in [0.1, 0.15) is 5.82 Å². The lowest BCUT2D eigenvalue weighted by atomic mass is 9.89. The highest BCUT2D eigenvalue weighted by atomic mass is 35.5. The summed E-state index contributed by atoms with van der Waals surface area (Å²) in [5, 5.41) is 3.19. The number of pyridine rings is 1. The van der Waals surface area contributed by atoms with Crippen LogP contribution in [0.4, 0.5) is 20.6 Å². The summed E-state index contributed by atoms with van der Waals surface area (Å²) in [5.41, 5.74) is 2.77. The molecule has 1 aliphatic rings. The summed E-state index contributed by atoms with van der Waals surface area (Å²) in [6, 6.07) is 12.7. The van der Waals surface area contributed by atoms with Crippen molar-refractivity contribution >= 4 is 45.0 Å². The number of nitrogens with one attached hydrogen (secondary N) is 2. The Labute approximate surface area is 231 Å². The molecular formula is C27H28ClFN4O5S. The lowest BCUT2D eigenvalue weighted by Gasteiger charge is -2.32. The molecule has 0 aliphatic carbocycles. The fourth-order valence-electron chi connectivity index (χ4n) is 4.41. The molecule has 2 aromatic carbocycles. The monoisotopic (exact) mass is 574 g/mol. The zero-order valence-corrected chi connectivity index (χ0v) is 23.0. The minimum atomic E-state index is -4.37. The molecule has 0 bridgehead atoms. The minimum absolute atomic E-state index is 0.0112. The molecule has 1 aromatic heterocycles. The van der Waals surface area contributed by atoms with E-state index in [1.54, 1.807) is 46.9 Å². The van der Waals surface area contributed by atoms with Crippen molar-refractivity contribution in [1.82, 2.24) is 14.6 Å². The first-order chi connectivity index (χ1) is 18.6. The van der Waals surface area contributed by atoms with E-state index in [0.29, 0.717) is 36.6 Å². The number of carbonyl (C=O) groups excluding carboxylic acids is 2. The van der Waals surface area contributed by atoms with Crippen molar-refractivity contribution in [1.29, 1.82) is 0 Å². The smallest absolute Gasteiger partial charge is 0.421 e. The average Bonchev–Trinajstić information content (AvgIpc) is 2.90. The minimum Gasteiger partial charge on any atom is -0.449 e. The number of rotatable bonds is 7. The van der Waals surface area contributed by atoms with Gasteiger partial charge in [-0.15, -0.1) is 0 Å². The summed E-state index contributed by atoms with van der Waals surface area (Å²) in [6.45, 7) is 4.28. The maximum atomic E-state index is 13.6. The van der Waals surface area contributed by atoms with Crippen LogP contribution in [0, 0.1) is 12.7 Å².